The third-order valence-corrected chi connectivity index (χ3v) is 3.88. The highest BCUT2D eigenvalue weighted by Crippen LogP contribution is 2.21. The van der Waals surface area contributed by atoms with E-state index in [9.17, 15) is 14.0 Å². The Kier molecular flexibility index (Phi) is 6.64. The molecule has 0 radical (unpaired) electrons. The Balaban J connectivity index is 1.98. The van der Waals surface area contributed by atoms with Crippen LogP contribution in [-0.2, 0) is 11.2 Å². The number of halogens is 2. The van der Waals surface area contributed by atoms with E-state index < -0.39 is 11.4 Å². The van der Waals surface area contributed by atoms with Crippen molar-refractivity contribution in [2.45, 2.75) is 33.1 Å². The van der Waals surface area contributed by atoms with Crippen LogP contribution in [-0.4, -0.2) is 27.6 Å². The van der Waals surface area contributed by atoms with E-state index in [1.807, 2.05) is 0 Å². The summed E-state index contributed by atoms with van der Waals surface area (Å²) in [6.07, 6.45) is 1.26. The highest BCUT2D eigenvalue weighted by molar-refractivity contribution is 6.31. The number of aryl methyl sites for hydroxylation is 1. The van der Waals surface area contributed by atoms with Crippen LogP contribution in [0.3, 0.4) is 0 Å². The van der Waals surface area contributed by atoms with Crippen LogP contribution in [0.4, 0.5) is 4.39 Å². The average molecular weight is 367 g/mol. The smallest absolute Gasteiger partial charge is 0.273 e. The molecule has 0 saturated carbocycles. The molecule has 134 valence electrons. The van der Waals surface area contributed by atoms with Crippen molar-refractivity contribution in [3.63, 3.8) is 0 Å². The summed E-state index contributed by atoms with van der Waals surface area (Å²) in [5.74, 6) is 0.0237. The van der Waals surface area contributed by atoms with Crippen molar-refractivity contribution in [3.05, 3.63) is 45.1 Å². The number of amides is 1. The van der Waals surface area contributed by atoms with E-state index in [4.69, 9.17) is 11.6 Å². The molecule has 0 aliphatic rings. The van der Waals surface area contributed by atoms with Crippen LogP contribution in [0.5, 0.6) is 0 Å². The molecule has 1 heterocycles. The number of carbonyl (C=O) groups is 1. The minimum absolute atomic E-state index is 0.0673. The van der Waals surface area contributed by atoms with E-state index >= 15 is 0 Å². The molecule has 2 N–H and O–H groups in total. The maximum Gasteiger partial charge on any atom is 0.273 e. The first-order chi connectivity index (χ1) is 11.9. The van der Waals surface area contributed by atoms with Crippen LogP contribution in [0, 0.1) is 11.7 Å². The van der Waals surface area contributed by atoms with Gasteiger partial charge in [-0.1, -0.05) is 25.4 Å². The Morgan fingerprint density at radius 1 is 1.36 bits per heavy atom. The van der Waals surface area contributed by atoms with E-state index in [0.717, 1.165) is 6.42 Å². The molecule has 0 aliphatic carbocycles. The summed E-state index contributed by atoms with van der Waals surface area (Å²) >= 11 is 5.72. The van der Waals surface area contributed by atoms with Crippen molar-refractivity contribution in [2.24, 2.45) is 5.92 Å². The van der Waals surface area contributed by atoms with E-state index in [1.54, 1.807) is 0 Å². The molecule has 8 heteroatoms. The zero-order valence-corrected chi connectivity index (χ0v) is 14.9. The third kappa shape index (κ3) is 5.63. The van der Waals surface area contributed by atoms with Gasteiger partial charge in [0.1, 0.15) is 11.5 Å². The van der Waals surface area contributed by atoms with Crippen LogP contribution >= 0.6 is 11.6 Å². The summed E-state index contributed by atoms with van der Waals surface area (Å²) in [5, 5.41) is 10.5. The van der Waals surface area contributed by atoms with Gasteiger partial charge in [0.15, 0.2) is 5.82 Å². The molecule has 6 nitrogen and oxygen atoms in total. The van der Waals surface area contributed by atoms with Crippen molar-refractivity contribution >= 4 is 17.5 Å². The van der Waals surface area contributed by atoms with Crippen molar-refractivity contribution in [2.75, 3.05) is 6.54 Å². The highest BCUT2D eigenvalue weighted by Gasteiger charge is 2.10. The molecule has 0 aliphatic heterocycles. The number of rotatable bonds is 7. The maximum absolute atomic E-state index is 13.2. The lowest BCUT2D eigenvalue weighted by Gasteiger charge is -2.07. The van der Waals surface area contributed by atoms with Gasteiger partial charge in [0.05, 0.1) is 5.02 Å². The lowest BCUT2D eigenvalue weighted by Crippen LogP contribution is -2.27. The Morgan fingerprint density at radius 3 is 2.76 bits per heavy atom. The van der Waals surface area contributed by atoms with Crippen molar-refractivity contribution in [3.8, 4) is 11.4 Å². The lowest BCUT2D eigenvalue weighted by molar-refractivity contribution is -0.121. The van der Waals surface area contributed by atoms with E-state index in [2.05, 4.69) is 34.3 Å². The predicted molar refractivity (Wildman–Crippen MR) is 93.8 cm³/mol. The number of nitrogens with one attached hydrogen (secondary N) is 2. The standard InChI is InChI=1S/C17H20ClFN4O2/c1-10(2)7-8-20-15(24)6-5-14-17(25)21-16(23-22-14)11-3-4-13(19)12(18)9-11/h3-4,9-10H,5-8H2,1-2H3,(H,20,24)(H,21,23,25). The molecular weight excluding hydrogens is 347 g/mol. The number of aromatic nitrogens is 3. The van der Waals surface area contributed by atoms with E-state index in [0.29, 0.717) is 18.0 Å². The van der Waals surface area contributed by atoms with Crippen molar-refractivity contribution in [1.29, 1.82) is 0 Å². The normalized spacial score (nSPS) is 10.9. The zero-order valence-electron chi connectivity index (χ0n) is 14.1. The maximum atomic E-state index is 13.2. The zero-order chi connectivity index (χ0) is 18.4. The van der Waals surface area contributed by atoms with E-state index in [-0.39, 0.29) is 35.3 Å². The Morgan fingerprint density at radius 2 is 2.12 bits per heavy atom. The van der Waals surface area contributed by atoms with Gasteiger partial charge >= 0.3 is 0 Å². The third-order valence-electron chi connectivity index (χ3n) is 3.59. The van der Waals surface area contributed by atoms with Crippen LogP contribution < -0.4 is 10.9 Å². The fourth-order valence-corrected chi connectivity index (χ4v) is 2.30. The SMILES string of the molecule is CC(C)CCNC(=O)CCc1nnc(-c2ccc(F)c(Cl)c2)[nH]c1=O. The van der Waals surface area contributed by atoms with Gasteiger partial charge in [-0.25, -0.2) is 4.39 Å². The Bertz CT molecular complexity index is 807. The van der Waals surface area contributed by atoms with Gasteiger partial charge in [-0.2, -0.15) is 0 Å². The average Bonchev–Trinajstić information content (AvgIpc) is 2.56. The van der Waals surface area contributed by atoms with Crippen LogP contribution in [0.2, 0.25) is 5.02 Å². The minimum Gasteiger partial charge on any atom is -0.356 e. The summed E-state index contributed by atoms with van der Waals surface area (Å²) in [5.41, 5.74) is 0.199. The van der Waals surface area contributed by atoms with Crippen LogP contribution in [0.25, 0.3) is 11.4 Å². The fraction of sp³-hybridized carbons (Fsp3) is 0.412. The second-order valence-corrected chi connectivity index (χ2v) is 6.52. The Labute approximate surface area is 149 Å². The lowest BCUT2D eigenvalue weighted by atomic mass is 10.1. The molecule has 25 heavy (non-hydrogen) atoms. The molecule has 0 bridgehead atoms. The number of hydrogen-bond acceptors (Lipinski definition) is 4. The quantitative estimate of drug-likeness (QED) is 0.788. The summed E-state index contributed by atoms with van der Waals surface area (Å²) in [6.45, 7) is 4.77. The van der Waals surface area contributed by atoms with Crippen molar-refractivity contribution in [1.82, 2.24) is 20.5 Å². The van der Waals surface area contributed by atoms with Gasteiger partial charge in [-0.3, -0.25) is 9.59 Å². The topological polar surface area (TPSA) is 87.7 Å². The van der Waals surface area contributed by atoms with Gasteiger partial charge in [0.2, 0.25) is 5.91 Å². The summed E-state index contributed by atoms with van der Waals surface area (Å²) < 4.78 is 13.2. The molecule has 2 rings (SSSR count). The first-order valence-electron chi connectivity index (χ1n) is 8.05. The molecule has 0 atom stereocenters. The first kappa shape index (κ1) is 19.1. The summed E-state index contributed by atoms with van der Waals surface area (Å²) in [6, 6.07) is 3.99. The number of H-pyrrole nitrogens is 1. The fourth-order valence-electron chi connectivity index (χ4n) is 2.12. The molecule has 0 unspecified atom stereocenters. The van der Waals surface area contributed by atoms with E-state index in [1.165, 1.54) is 18.2 Å². The monoisotopic (exact) mass is 366 g/mol. The van der Waals surface area contributed by atoms with Gasteiger partial charge in [-0.05, 0) is 30.5 Å². The predicted octanol–water partition coefficient (Wildman–Crippen LogP) is 2.72. The minimum atomic E-state index is -0.555. The van der Waals surface area contributed by atoms with Gasteiger partial charge in [0, 0.05) is 24.9 Å². The molecule has 0 fully saturated rings. The highest BCUT2D eigenvalue weighted by atomic mass is 35.5. The molecular formula is C17H20ClFN4O2. The molecule has 2 aromatic rings. The number of aromatic amines is 1. The van der Waals surface area contributed by atoms with Crippen molar-refractivity contribution < 1.29 is 9.18 Å². The number of carbonyl (C=O) groups excluding carboxylic acids is 1. The molecule has 1 aromatic carbocycles. The summed E-state index contributed by atoms with van der Waals surface area (Å²) in [4.78, 5) is 26.4. The molecule has 0 spiro atoms. The molecule has 0 saturated heterocycles. The Hall–Kier alpha value is -2.28. The largest absolute Gasteiger partial charge is 0.356 e. The molecule has 1 amide bonds. The number of hydrogen-bond donors (Lipinski definition) is 2. The summed E-state index contributed by atoms with van der Waals surface area (Å²) in [7, 11) is 0. The first-order valence-corrected chi connectivity index (χ1v) is 8.42. The second-order valence-electron chi connectivity index (χ2n) is 6.11. The van der Waals surface area contributed by atoms with Gasteiger partial charge < -0.3 is 10.3 Å². The second kappa shape index (κ2) is 8.71. The van der Waals surface area contributed by atoms with Gasteiger partial charge in [0.25, 0.3) is 5.56 Å². The molecule has 1 aromatic heterocycles. The van der Waals surface area contributed by atoms with Crippen LogP contribution in [0.1, 0.15) is 32.4 Å². The number of benzene rings is 1. The van der Waals surface area contributed by atoms with Crippen LogP contribution in [0.15, 0.2) is 23.0 Å². The number of nitrogens with zero attached hydrogens (tertiary/aromatic N) is 2. The van der Waals surface area contributed by atoms with Gasteiger partial charge in [-0.15, -0.1) is 10.2 Å².